The van der Waals surface area contributed by atoms with Crippen molar-refractivity contribution in [3.05, 3.63) is 50.6 Å². The summed E-state index contributed by atoms with van der Waals surface area (Å²) in [6.07, 6.45) is 1.38. The number of hydrogen-bond donors (Lipinski definition) is 2. The van der Waals surface area contributed by atoms with Crippen LogP contribution in [0, 0.1) is 4.77 Å². The van der Waals surface area contributed by atoms with Crippen molar-refractivity contribution in [3.63, 3.8) is 0 Å². The van der Waals surface area contributed by atoms with Crippen LogP contribution in [-0.4, -0.2) is 26.2 Å². The van der Waals surface area contributed by atoms with Gasteiger partial charge in [-0.3, -0.25) is 9.89 Å². The maximum atomic E-state index is 12.4. The first-order valence-electron chi connectivity index (χ1n) is 6.35. The van der Waals surface area contributed by atoms with E-state index in [1.54, 1.807) is 18.2 Å². The van der Waals surface area contributed by atoms with Gasteiger partial charge in [-0.05, 0) is 24.4 Å². The number of aromatic amines is 1. The Balaban J connectivity index is 2.53. The molecule has 0 fully saturated rings. The highest BCUT2D eigenvalue weighted by Crippen LogP contribution is 2.15. The molecule has 21 heavy (non-hydrogen) atoms. The van der Waals surface area contributed by atoms with Crippen LogP contribution in [0.25, 0.3) is 0 Å². The van der Waals surface area contributed by atoms with Crippen molar-refractivity contribution < 1.29 is 5.11 Å². The third kappa shape index (κ3) is 3.25. The van der Waals surface area contributed by atoms with Crippen LogP contribution < -0.4 is 5.56 Å². The number of rotatable bonds is 2. The van der Waals surface area contributed by atoms with E-state index in [1.165, 1.54) is 12.3 Å². The van der Waals surface area contributed by atoms with Crippen LogP contribution in [0.15, 0.2) is 34.2 Å². The second-order valence-electron chi connectivity index (χ2n) is 5.55. The van der Waals surface area contributed by atoms with E-state index < -0.39 is 5.41 Å². The normalized spacial score (nSPS) is 12.0. The van der Waals surface area contributed by atoms with Crippen molar-refractivity contribution in [2.75, 3.05) is 0 Å². The number of nitrogens with one attached hydrogen (secondary N) is 1. The summed E-state index contributed by atoms with van der Waals surface area (Å²) in [6, 6.07) is 6.69. The Morgan fingerprint density at radius 1 is 1.38 bits per heavy atom. The molecule has 0 saturated carbocycles. The van der Waals surface area contributed by atoms with Crippen LogP contribution >= 0.6 is 12.2 Å². The van der Waals surface area contributed by atoms with E-state index in [0.717, 1.165) is 4.68 Å². The van der Waals surface area contributed by atoms with Gasteiger partial charge < -0.3 is 5.11 Å². The minimum atomic E-state index is -0.428. The summed E-state index contributed by atoms with van der Waals surface area (Å²) in [4.78, 5) is 12.4. The topological polar surface area (TPSA) is 83.3 Å². The van der Waals surface area contributed by atoms with Gasteiger partial charge in [0.1, 0.15) is 11.4 Å². The van der Waals surface area contributed by atoms with Gasteiger partial charge in [-0.25, -0.2) is 0 Å². The first-order valence-corrected chi connectivity index (χ1v) is 6.76. The highest BCUT2D eigenvalue weighted by atomic mass is 32.1. The minimum Gasteiger partial charge on any atom is -0.507 e. The number of para-hydroxylation sites is 1. The van der Waals surface area contributed by atoms with Crippen molar-refractivity contribution in [3.8, 4) is 5.75 Å². The molecule has 0 amide bonds. The van der Waals surface area contributed by atoms with Gasteiger partial charge in [0.25, 0.3) is 5.56 Å². The Kier molecular flexibility index (Phi) is 4.04. The number of H-pyrrole nitrogens is 1. The lowest BCUT2D eigenvalue weighted by molar-refractivity contribution is 0.474. The molecule has 0 aliphatic rings. The summed E-state index contributed by atoms with van der Waals surface area (Å²) in [5.41, 5.74) is 0.0272. The van der Waals surface area contributed by atoms with Crippen LogP contribution in [-0.2, 0) is 5.41 Å². The summed E-state index contributed by atoms with van der Waals surface area (Å²) in [5.74, 6) is 0.0781. The van der Waals surface area contributed by atoms with Gasteiger partial charge in [-0.1, -0.05) is 32.9 Å². The average Bonchev–Trinajstić information content (AvgIpc) is 2.38. The number of benzene rings is 1. The van der Waals surface area contributed by atoms with Crippen molar-refractivity contribution in [2.45, 2.75) is 26.2 Å². The van der Waals surface area contributed by atoms with Crippen LogP contribution in [0.2, 0.25) is 0 Å². The number of phenols is 1. The van der Waals surface area contributed by atoms with Crippen molar-refractivity contribution in [1.29, 1.82) is 0 Å². The monoisotopic (exact) mass is 304 g/mol. The summed E-state index contributed by atoms with van der Waals surface area (Å²) >= 11 is 5.04. The molecule has 110 valence electrons. The SMILES string of the molecule is CC(C)(C)c1n[nH]c(=S)n(/N=C\c2ccccc2O)c1=O. The number of nitrogens with zero attached hydrogens (tertiary/aromatic N) is 3. The van der Waals surface area contributed by atoms with E-state index in [-0.39, 0.29) is 16.1 Å². The number of aromatic nitrogens is 3. The molecule has 0 spiro atoms. The fourth-order valence-corrected chi connectivity index (χ4v) is 1.88. The molecule has 2 N–H and O–H groups in total. The maximum Gasteiger partial charge on any atom is 0.297 e. The van der Waals surface area contributed by atoms with Gasteiger partial charge in [-0.15, -0.1) is 0 Å². The zero-order valence-electron chi connectivity index (χ0n) is 12.0. The van der Waals surface area contributed by atoms with Crippen molar-refractivity contribution >= 4 is 18.4 Å². The summed E-state index contributed by atoms with van der Waals surface area (Å²) in [5, 5.41) is 20.4. The quantitative estimate of drug-likeness (QED) is 0.658. The molecular formula is C14H16N4O2S. The molecule has 0 saturated heterocycles. The van der Waals surface area contributed by atoms with E-state index >= 15 is 0 Å². The predicted molar refractivity (Wildman–Crippen MR) is 83.5 cm³/mol. The molecule has 2 rings (SSSR count). The van der Waals surface area contributed by atoms with Gasteiger partial charge >= 0.3 is 0 Å². The Hall–Kier alpha value is -2.28. The highest BCUT2D eigenvalue weighted by molar-refractivity contribution is 7.71. The zero-order chi connectivity index (χ0) is 15.6. The van der Waals surface area contributed by atoms with E-state index in [2.05, 4.69) is 15.3 Å². The summed E-state index contributed by atoms with van der Waals surface area (Å²) in [7, 11) is 0. The Morgan fingerprint density at radius 2 is 2.05 bits per heavy atom. The van der Waals surface area contributed by atoms with E-state index in [4.69, 9.17) is 12.2 Å². The first kappa shape index (κ1) is 15.1. The van der Waals surface area contributed by atoms with E-state index in [0.29, 0.717) is 11.3 Å². The smallest absolute Gasteiger partial charge is 0.297 e. The fourth-order valence-electron chi connectivity index (χ4n) is 1.70. The van der Waals surface area contributed by atoms with Crippen LogP contribution in [0.5, 0.6) is 5.75 Å². The molecule has 2 aromatic rings. The largest absolute Gasteiger partial charge is 0.507 e. The van der Waals surface area contributed by atoms with Crippen molar-refractivity contribution in [2.24, 2.45) is 5.10 Å². The lowest BCUT2D eigenvalue weighted by Crippen LogP contribution is -2.32. The average molecular weight is 304 g/mol. The Bertz CT molecular complexity index is 800. The molecule has 7 heteroatoms. The summed E-state index contributed by atoms with van der Waals surface area (Å²) in [6.45, 7) is 5.64. The van der Waals surface area contributed by atoms with Crippen molar-refractivity contribution in [1.82, 2.24) is 14.9 Å². The van der Waals surface area contributed by atoms with E-state index in [1.807, 2.05) is 20.8 Å². The molecule has 0 aliphatic carbocycles. The van der Waals surface area contributed by atoms with Crippen LogP contribution in [0.1, 0.15) is 32.0 Å². The van der Waals surface area contributed by atoms with Gasteiger partial charge in [0, 0.05) is 11.0 Å². The standard InChI is InChI=1S/C14H16N4O2S/c1-14(2,3)11-12(20)18(13(21)17-16-11)15-8-9-6-4-5-7-10(9)19/h4-8,19H,1-3H3,(H,17,21)/b15-8-. The Labute approximate surface area is 126 Å². The van der Waals surface area contributed by atoms with E-state index in [9.17, 15) is 9.90 Å². The first-order chi connectivity index (χ1) is 9.80. The van der Waals surface area contributed by atoms with Gasteiger partial charge in [0.2, 0.25) is 4.77 Å². The van der Waals surface area contributed by atoms with Crippen LogP contribution in [0.3, 0.4) is 0 Å². The number of aromatic hydroxyl groups is 1. The lowest BCUT2D eigenvalue weighted by Gasteiger charge is -2.16. The minimum absolute atomic E-state index is 0.0781. The third-order valence-electron chi connectivity index (χ3n) is 2.81. The molecule has 0 atom stereocenters. The molecule has 0 aliphatic heterocycles. The maximum absolute atomic E-state index is 12.4. The molecule has 0 bridgehead atoms. The molecule has 1 heterocycles. The molecule has 0 unspecified atom stereocenters. The molecule has 1 aromatic heterocycles. The number of hydrogen-bond acceptors (Lipinski definition) is 5. The lowest BCUT2D eigenvalue weighted by atomic mass is 9.93. The van der Waals surface area contributed by atoms with Gasteiger partial charge in [-0.2, -0.15) is 14.9 Å². The second-order valence-corrected chi connectivity index (χ2v) is 5.93. The molecule has 1 aromatic carbocycles. The zero-order valence-corrected chi connectivity index (χ0v) is 12.8. The molecule has 6 nitrogen and oxygen atoms in total. The Morgan fingerprint density at radius 3 is 2.67 bits per heavy atom. The third-order valence-corrected chi connectivity index (χ3v) is 3.07. The highest BCUT2D eigenvalue weighted by Gasteiger charge is 2.21. The molecule has 0 radical (unpaired) electrons. The number of phenolic OH excluding ortho intramolecular Hbond substituents is 1. The van der Waals surface area contributed by atoms with Gasteiger partial charge in [0.05, 0.1) is 6.21 Å². The second kappa shape index (κ2) is 5.61. The van der Waals surface area contributed by atoms with Crippen LogP contribution in [0.4, 0.5) is 0 Å². The fraction of sp³-hybridized carbons (Fsp3) is 0.286. The summed E-state index contributed by atoms with van der Waals surface area (Å²) < 4.78 is 1.16. The van der Waals surface area contributed by atoms with Gasteiger partial charge in [0.15, 0.2) is 0 Å². The predicted octanol–water partition coefficient (Wildman–Crippen LogP) is 2.19. The molecular weight excluding hydrogens is 288 g/mol.